The number of rotatable bonds is 6. The number of ether oxygens (including phenoxy) is 1. The van der Waals surface area contributed by atoms with E-state index in [-0.39, 0.29) is 24.7 Å². The highest BCUT2D eigenvalue weighted by molar-refractivity contribution is 6.36. The van der Waals surface area contributed by atoms with Crippen molar-refractivity contribution in [1.82, 2.24) is 20.2 Å². The Bertz CT molecular complexity index is 1460. The maximum absolute atomic E-state index is 11.6. The third-order valence-corrected chi connectivity index (χ3v) is 8.43. The molecule has 3 aliphatic rings. The van der Waals surface area contributed by atoms with Gasteiger partial charge in [0.15, 0.2) is 0 Å². The summed E-state index contributed by atoms with van der Waals surface area (Å²) in [5, 5.41) is 25.1. The smallest absolute Gasteiger partial charge is 0.407 e. The molecule has 3 aliphatic heterocycles. The van der Waals surface area contributed by atoms with E-state index >= 15 is 0 Å². The van der Waals surface area contributed by atoms with Crippen molar-refractivity contribution in [1.29, 1.82) is 5.26 Å². The zero-order chi connectivity index (χ0) is 27.6. The number of nitrogens with one attached hydrogen (secondary N) is 1. The Morgan fingerprint density at radius 3 is 2.85 bits per heavy atom. The van der Waals surface area contributed by atoms with Crippen LogP contribution in [-0.4, -0.2) is 77.5 Å². The van der Waals surface area contributed by atoms with Gasteiger partial charge in [-0.25, -0.2) is 4.79 Å². The van der Waals surface area contributed by atoms with E-state index in [0.717, 1.165) is 77.5 Å². The minimum Gasteiger partial charge on any atom is -0.465 e. The molecule has 0 radical (unpaired) electrons. The van der Waals surface area contributed by atoms with E-state index in [2.05, 4.69) is 45.5 Å². The molecule has 0 spiro atoms. The fourth-order valence-electron chi connectivity index (χ4n) is 6.16. The lowest BCUT2D eigenvalue weighted by molar-refractivity contribution is 0.121. The zero-order valence-electron chi connectivity index (χ0n) is 22.2. The van der Waals surface area contributed by atoms with Crippen LogP contribution in [0, 0.1) is 11.3 Å². The van der Waals surface area contributed by atoms with Crippen molar-refractivity contribution < 1.29 is 14.6 Å². The van der Waals surface area contributed by atoms with Gasteiger partial charge in [0.05, 0.1) is 35.8 Å². The lowest BCUT2D eigenvalue weighted by Crippen LogP contribution is -2.51. The van der Waals surface area contributed by atoms with Gasteiger partial charge in [-0.2, -0.15) is 15.2 Å². The SMILES string of the molecule is N#CC[C@H]1CN(c2nc(OC[C@@H]3CCCN3C(=O)O)nc3c2CCN(c2cccc4cccc(Cl)c24)C3)CCN1. The van der Waals surface area contributed by atoms with Gasteiger partial charge in [-0.3, -0.25) is 0 Å². The maximum atomic E-state index is 11.6. The van der Waals surface area contributed by atoms with Crippen molar-refractivity contribution >= 4 is 40.0 Å². The van der Waals surface area contributed by atoms with E-state index < -0.39 is 6.09 Å². The molecule has 0 unspecified atom stereocenters. The molecule has 1 aromatic heterocycles. The number of hydrogen-bond acceptors (Lipinski definition) is 8. The van der Waals surface area contributed by atoms with Gasteiger partial charge < -0.3 is 29.9 Å². The number of anilines is 2. The summed E-state index contributed by atoms with van der Waals surface area (Å²) < 4.78 is 6.11. The Hall–Kier alpha value is -3.81. The van der Waals surface area contributed by atoms with Gasteiger partial charge in [0, 0.05) is 55.4 Å². The first-order valence-electron chi connectivity index (χ1n) is 13.8. The van der Waals surface area contributed by atoms with Gasteiger partial charge in [0.2, 0.25) is 0 Å². The molecule has 0 saturated carbocycles. The van der Waals surface area contributed by atoms with Crippen LogP contribution in [0.25, 0.3) is 10.8 Å². The van der Waals surface area contributed by atoms with Crippen LogP contribution in [0.15, 0.2) is 36.4 Å². The second kappa shape index (κ2) is 11.4. The number of carbonyl (C=O) groups is 1. The molecular formula is C29H32ClN7O3. The molecule has 4 heterocycles. The molecule has 2 aromatic carbocycles. The second-order valence-corrected chi connectivity index (χ2v) is 11.0. The van der Waals surface area contributed by atoms with Crippen LogP contribution >= 0.6 is 11.6 Å². The molecule has 6 rings (SSSR count). The standard InChI is InChI=1S/C29H32ClN7O3/c30-23-7-1-4-19-5-2-8-25(26(19)23)35-14-10-22-24(17-35)33-28(40-18-21-6-3-13-37(21)29(38)39)34-27(22)36-15-12-32-20(16-36)9-11-31/h1-2,4-5,7-8,20-21,32H,3,6,9-10,12-18H2,(H,38,39)/t20-,21-/m0/s1. The Morgan fingerprint density at radius 1 is 1.18 bits per heavy atom. The van der Waals surface area contributed by atoms with Crippen molar-refractivity contribution in [3.05, 3.63) is 52.7 Å². The number of nitrogens with zero attached hydrogens (tertiary/aromatic N) is 6. The van der Waals surface area contributed by atoms with Crippen LogP contribution < -0.4 is 19.9 Å². The molecule has 2 fully saturated rings. The first kappa shape index (κ1) is 26.4. The predicted octanol–water partition coefficient (Wildman–Crippen LogP) is 4.06. The van der Waals surface area contributed by atoms with Crippen molar-refractivity contribution in [2.24, 2.45) is 0 Å². The molecule has 2 atom stereocenters. The molecule has 0 aliphatic carbocycles. The number of piperazine rings is 1. The van der Waals surface area contributed by atoms with Crippen LogP contribution in [0.3, 0.4) is 0 Å². The number of benzene rings is 2. The predicted molar refractivity (Wildman–Crippen MR) is 153 cm³/mol. The number of likely N-dealkylation sites (tertiary alicyclic amines) is 1. The van der Waals surface area contributed by atoms with Crippen molar-refractivity contribution in [3.8, 4) is 12.1 Å². The number of hydrogen-bond donors (Lipinski definition) is 2. The number of amides is 1. The monoisotopic (exact) mass is 561 g/mol. The molecule has 1 amide bonds. The molecule has 11 heteroatoms. The second-order valence-electron chi connectivity index (χ2n) is 10.6. The normalized spacial score (nSPS) is 20.9. The Labute approximate surface area is 238 Å². The van der Waals surface area contributed by atoms with E-state index in [9.17, 15) is 15.2 Å². The third kappa shape index (κ3) is 5.19. The van der Waals surface area contributed by atoms with E-state index in [0.29, 0.717) is 26.1 Å². The maximum Gasteiger partial charge on any atom is 0.407 e. The summed E-state index contributed by atoms with van der Waals surface area (Å²) in [6.45, 7) is 4.30. The minimum atomic E-state index is -0.924. The lowest BCUT2D eigenvalue weighted by Gasteiger charge is -2.37. The van der Waals surface area contributed by atoms with Crippen molar-refractivity contribution in [2.75, 3.05) is 49.1 Å². The highest BCUT2D eigenvalue weighted by Gasteiger charge is 2.31. The molecular weight excluding hydrogens is 530 g/mol. The highest BCUT2D eigenvalue weighted by atomic mass is 35.5. The van der Waals surface area contributed by atoms with Crippen molar-refractivity contribution in [3.63, 3.8) is 0 Å². The molecule has 208 valence electrons. The molecule has 2 N–H and O–H groups in total. The van der Waals surface area contributed by atoms with E-state index in [1.165, 1.54) is 4.90 Å². The van der Waals surface area contributed by atoms with Gasteiger partial charge in [0.25, 0.3) is 0 Å². The third-order valence-electron chi connectivity index (χ3n) is 8.12. The Balaban J connectivity index is 1.33. The summed E-state index contributed by atoms with van der Waals surface area (Å²) in [7, 11) is 0. The summed E-state index contributed by atoms with van der Waals surface area (Å²) in [6, 6.07) is 14.6. The summed E-state index contributed by atoms with van der Waals surface area (Å²) in [4.78, 5) is 27.3. The number of fused-ring (bicyclic) bond motifs is 2. The fraction of sp³-hybridized carbons (Fsp3) is 0.448. The van der Waals surface area contributed by atoms with E-state index in [4.69, 9.17) is 26.3 Å². The van der Waals surface area contributed by atoms with Crippen LogP contribution in [0.5, 0.6) is 6.01 Å². The average Bonchev–Trinajstić information content (AvgIpc) is 3.45. The summed E-state index contributed by atoms with van der Waals surface area (Å²) in [5.41, 5.74) is 3.06. The summed E-state index contributed by atoms with van der Waals surface area (Å²) >= 11 is 6.66. The highest BCUT2D eigenvalue weighted by Crippen LogP contribution is 2.37. The minimum absolute atomic E-state index is 0.0641. The average molecular weight is 562 g/mol. The van der Waals surface area contributed by atoms with Gasteiger partial charge in [-0.15, -0.1) is 0 Å². The van der Waals surface area contributed by atoms with Gasteiger partial charge in [0.1, 0.15) is 12.4 Å². The zero-order valence-corrected chi connectivity index (χ0v) is 23.0. The van der Waals surface area contributed by atoms with Crippen LogP contribution in [0.2, 0.25) is 5.02 Å². The number of aromatic nitrogens is 2. The van der Waals surface area contributed by atoms with Gasteiger partial charge in [-0.05, 0) is 36.8 Å². The van der Waals surface area contributed by atoms with Crippen molar-refractivity contribution in [2.45, 2.75) is 44.3 Å². The number of nitriles is 1. The molecule has 3 aromatic rings. The fourth-order valence-corrected chi connectivity index (χ4v) is 6.43. The molecule has 2 saturated heterocycles. The van der Waals surface area contributed by atoms with E-state index in [1.54, 1.807) is 0 Å². The van der Waals surface area contributed by atoms with Crippen LogP contribution in [0.4, 0.5) is 16.3 Å². The lowest BCUT2D eigenvalue weighted by atomic mass is 10.0. The molecule has 10 nitrogen and oxygen atoms in total. The first-order valence-corrected chi connectivity index (χ1v) is 14.2. The topological polar surface area (TPSA) is 118 Å². The van der Waals surface area contributed by atoms with Crippen LogP contribution in [0.1, 0.15) is 30.5 Å². The van der Waals surface area contributed by atoms with Gasteiger partial charge in [-0.1, -0.05) is 35.9 Å². The number of carboxylic acid groups (broad SMARTS) is 1. The quantitative estimate of drug-likeness (QED) is 0.459. The molecule has 40 heavy (non-hydrogen) atoms. The van der Waals surface area contributed by atoms with Crippen LogP contribution in [-0.2, 0) is 13.0 Å². The van der Waals surface area contributed by atoms with E-state index in [1.807, 2.05) is 12.1 Å². The summed E-state index contributed by atoms with van der Waals surface area (Å²) in [5.74, 6) is 0.849. The Morgan fingerprint density at radius 2 is 2.02 bits per heavy atom. The summed E-state index contributed by atoms with van der Waals surface area (Å²) in [6.07, 6.45) is 1.84. The number of halogens is 1. The largest absolute Gasteiger partial charge is 0.465 e. The van der Waals surface area contributed by atoms with Gasteiger partial charge >= 0.3 is 12.1 Å². The Kier molecular flexibility index (Phi) is 7.50. The first-order chi connectivity index (χ1) is 19.5. The molecule has 0 bridgehead atoms.